The molecule has 8 heteroatoms. The van der Waals surface area contributed by atoms with Crippen LogP contribution < -0.4 is 5.32 Å². The third-order valence-corrected chi connectivity index (χ3v) is 2.79. The minimum atomic E-state index is -0.245. The molecule has 0 aromatic carbocycles. The Labute approximate surface area is 177 Å². The molecule has 1 saturated carbocycles. The molecule has 1 rings (SSSR count). The molecule has 1 aliphatic carbocycles. The van der Waals surface area contributed by atoms with Gasteiger partial charge in [-0.2, -0.15) is 0 Å². The summed E-state index contributed by atoms with van der Waals surface area (Å²) in [5, 5.41) is 2.23. The molecular formula is C16H33BNO4VW-. The Kier molecular flexibility index (Phi) is 46.0. The number of carbonyl (C=O) groups is 2. The summed E-state index contributed by atoms with van der Waals surface area (Å²) in [5.74, 6) is 0.926. The molecule has 1 amide bonds. The van der Waals surface area contributed by atoms with Gasteiger partial charge in [0.05, 0.1) is 15.0 Å². The van der Waals surface area contributed by atoms with E-state index < -0.39 is 0 Å². The van der Waals surface area contributed by atoms with E-state index in [0.29, 0.717) is 12.2 Å². The van der Waals surface area contributed by atoms with Crippen molar-refractivity contribution in [3.63, 3.8) is 0 Å². The van der Waals surface area contributed by atoms with Crippen molar-refractivity contribution < 1.29 is 58.7 Å². The number of rotatable bonds is 3. The number of hydrogen-bond donors (Lipinski definition) is 1. The van der Waals surface area contributed by atoms with Gasteiger partial charge in [0.1, 0.15) is 0 Å². The molecule has 0 aliphatic heterocycles. The van der Waals surface area contributed by atoms with Gasteiger partial charge in [-0.1, -0.05) is 25.6 Å². The predicted octanol–water partition coefficient (Wildman–Crippen LogP) is 2.77. The van der Waals surface area contributed by atoms with Gasteiger partial charge in [0, 0.05) is 45.6 Å². The summed E-state index contributed by atoms with van der Waals surface area (Å²) in [6.07, 6.45) is 4.13. The van der Waals surface area contributed by atoms with Crippen molar-refractivity contribution >= 4 is 19.7 Å². The maximum absolute atomic E-state index is 10.0. The van der Waals surface area contributed by atoms with Crippen LogP contribution in [0.15, 0.2) is 0 Å². The van der Waals surface area contributed by atoms with E-state index in [9.17, 15) is 9.59 Å². The minimum Gasteiger partial charge on any atom is -0.508 e. The monoisotopic (exact) mass is 549 g/mol. The van der Waals surface area contributed by atoms with Gasteiger partial charge in [0.15, 0.2) is 5.91 Å². The second-order valence-electron chi connectivity index (χ2n) is 4.54. The number of hydrogen-bond acceptors (Lipinski definition) is 4. The molecule has 5 nitrogen and oxygen atoms in total. The average Bonchev–Trinajstić information content (AvgIpc) is 2.85. The first-order valence-corrected chi connectivity index (χ1v) is 6.76. The maximum Gasteiger partial charge on any atom is 2.00 e. The summed E-state index contributed by atoms with van der Waals surface area (Å²) in [7, 11) is 12.0. The topological polar surface area (TPSA) is 64.6 Å². The average molecular weight is 549 g/mol. The molecule has 1 aliphatic rings. The Morgan fingerprint density at radius 3 is 1.88 bits per heavy atom. The van der Waals surface area contributed by atoms with Crippen molar-refractivity contribution in [3.05, 3.63) is 21.9 Å². The van der Waals surface area contributed by atoms with E-state index in [4.69, 9.17) is 12.6 Å². The molecule has 1 N–H and O–H groups in total. The summed E-state index contributed by atoms with van der Waals surface area (Å²) in [6, 6.07) is 0. The van der Waals surface area contributed by atoms with Crippen molar-refractivity contribution in [2.75, 3.05) is 20.8 Å². The van der Waals surface area contributed by atoms with E-state index in [1.54, 1.807) is 14.0 Å². The SMILES string of the molecule is COC(C)=O.[B]C1CCC(COC)C1.[CH2-]NC(=O)CC.[CH3-].[CH3-].[V].[W+2]. The third kappa shape index (κ3) is 30.2. The Morgan fingerprint density at radius 1 is 1.25 bits per heavy atom. The maximum atomic E-state index is 10.0. The third-order valence-electron chi connectivity index (χ3n) is 2.79. The van der Waals surface area contributed by atoms with Gasteiger partial charge in [-0.05, 0) is 12.3 Å². The Hall–Kier alpha value is 0.238. The summed E-state index contributed by atoms with van der Waals surface area (Å²) in [6.45, 7) is 4.04. The number of amides is 1. The van der Waals surface area contributed by atoms with Crippen LogP contribution in [-0.4, -0.2) is 40.5 Å². The summed E-state index contributed by atoms with van der Waals surface area (Å²) >= 11 is 0. The van der Waals surface area contributed by atoms with Gasteiger partial charge in [-0.15, -0.1) is 0 Å². The Morgan fingerprint density at radius 2 is 1.71 bits per heavy atom. The van der Waals surface area contributed by atoms with Crippen LogP contribution in [0.3, 0.4) is 0 Å². The molecule has 0 aromatic heterocycles. The summed E-state index contributed by atoms with van der Waals surface area (Å²) in [5.41, 5.74) is 0. The molecule has 0 heterocycles. The second kappa shape index (κ2) is 28.1. The van der Waals surface area contributed by atoms with E-state index in [1.165, 1.54) is 26.9 Å². The fraction of sp³-hybridized carbons (Fsp3) is 0.688. The number of ether oxygens (including phenoxy) is 2. The van der Waals surface area contributed by atoms with Crippen molar-refractivity contribution in [3.8, 4) is 0 Å². The van der Waals surface area contributed by atoms with Crippen LogP contribution in [-0.2, 0) is 58.7 Å². The van der Waals surface area contributed by atoms with Crippen LogP contribution in [0.25, 0.3) is 0 Å². The minimum absolute atomic E-state index is 0. The molecule has 2 unspecified atom stereocenters. The standard InChI is InChI=1S/C7H13BO.C4H8NO.C3H6O2.2CH3.V.W/c1-9-5-6-2-3-7(8)4-6;1-3-4(6)5-2;1-3(4)5-2;;;;/h6-7H,2-5H2,1H3;2-3H2,1H3,(H,5,6);1-2H3;2*1H3;;/q;-1;;2*-1;;+2. The summed E-state index contributed by atoms with van der Waals surface area (Å²) < 4.78 is 9.13. The van der Waals surface area contributed by atoms with Crippen molar-refractivity contribution in [1.82, 2.24) is 5.32 Å². The van der Waals surface area contributed by atoms with Crippen LogP contribution >= 0.6 is 0 Å². The fourth-order valence-electron chi connectivity index (χ4n) is 1.63. The smallest absolute Gasteiger partial charge is 0.508 e. The van der Waals surface area contributed by atoms with Gasteiger partial charge in [-0.3, -0.25) is 16.6 Å². The fourth-order valence-corrected chi connectivity index (χ4v) is 1.63. The molecule has 141 valence electrons. The van der Waals surface area contributed by atoms with E-state index >= 15 is 0 Å². The van der Waals surface area contributed by atoms with Gasteiger partial charge in [-0.25, -0.2) is 0 Å². The van der Waals surface area contributed by atoms with Crippen molar-refractivity contribution in [1.29, 1.82) is 0 Å². The first kappa shape index (κ1) is 39.3. The molecular weight excluding hydrogens is 516 g/mol. The predicted molar refractivity (Wildman–Crippen MR) is 93.0 cm³/mol. The van der Waals surface area contributed by atoms with Crippen molar-refractivity contribution in [2.24, 2.45) is 5.92 Å². The zero-order chi connectivity index (χ0) is 16.0. The second-order valence-corrected chi connectivity index (χ2v) is 4.54. The number of nitrogens with one attached hydrogen (secondary N) is 1. The van der Waals surface area contributed by atoms with Crippen LogP contribution in [0.2, 0.25) is 5.82 Å². The van der Waals surface area contributed by atoms with Gasteiger partial charge >= 0.3 is 27.0 Å². The van der Waals surface area contributed by atoms with E-state index in [2.05, 4.69) is 17.1 Å². The first-order valence-electron chi connectivity index (χ1n) is 6.76. The van der Waals surface area contributed by atoms with Crippen LogP contribution in [0.1, 0.15) is 39.5 Å². The number of carbonyl (C=O) groups excluding carboxylic acids is 2. The zero-order valence-electron chi connectivity index (χ0n) is 16.0. The molecule has 0 spiro atoms. The summed E-state index contributed by atoms with van der Waals surface area (Å²) in [4.78, 5) is 19.6. The van der Waals surface area contributed by atoms with Crippen LogP contribution in [0, 0.1) is 27.8 Å². The quantitative estimate of drug-likeness (QED) is 0.335. The Bertz CT molecular complexity index is 266. The van der Waals surface area contributed by atoms with Crippen LogP contribution in [0.5, 0.6) is 0 Å². The van der Waals surface area contributed by atoms with Gasteiger partial charge in [0.25, 0.3) is 0 Å². The zero-order valence-corrected chi connectivity index (χ0v) is 20.3. The number of esters is 1. The largest absolute Gasteiger partial charge is 2.00 e. The van der Waals surface area contributed by atoms with Gasteiger partial charge < -0.3 is 29.6 Å². The molecule has 0 aromatic rings. The molecule has 1 fully saturated rings. The molecule has 2 atom stereocenters. The normalized spacial score (nSPS) is 16.5. The number of methoxy groups -OCH3 is 2. The Balaban J connectivity index is -0.0000000490. The van der Waals surface area contributed by atoms with Gasteiger partial charge in [0.2, 0.25) is 0 Å². The van der Waals surface area contributed by atoms with E-state index in [0.717, 1.165) is 18.9 Å². The molecule has 3 radical (unpaired) electrons. The van der Waals surface area contributed by atoms with E-state index in [-0.39, 0.29) is 66.4 Å². The van der Waals surface area contributed by atoms with Crippen molar-refractivity contribution in [2.45, 2.75) is 45.3 Å². The molecule has 24 heavy (non-hydrogen) atoms. The molecule has 0 saturated heterocycles. The first-order chi connectivity index (χ1) is 9.40. The van der Waals surface area contributed by atoms with E-state index in [1.807, 2.05) is 0 Å². The molecule has 0 bridgehead atoms. The van der Waals surface area contributed by atoms with Crippen LogP contribution in [0.4, 0.5) is 0 Å².